The zero-order valence-electron chi connectivity index (χ0n) is 16.9. The van der Waals surface area contributed by atoms with Gasteiger partial charge in [0, 0.05) is 61.3 Å². The number of rotatable bonds is 4. The number of carbonyl (C=O) groups excluding carboxylic acids is 1. The van der Waals surface area contributed by atoms with E-state index in [-0.39, 0.29) is 18.5 Å². The van der Waals surface area contributed by atoms with E-state index in [4.69, 9.17) is 0 Å². The summed E-state index contributed by atoms with van der Waals surface area (Å²) in [7, 11) is 0. The molecule has 0 radical (unpaired) electrons. The Morgan fingerprint density at radius 2 is 1.81 bits per heavy atom. The summed E-state index contributed by atoms with van der Waals surface area (Å²) >= 11 is 0. The van der Waals surface area contributed by atoms with Gasteiger partial charge in [-0.25, -0.2) is 18.0 Å². The summed E-state index contributed by atoms with van der Waals surface area (Å²) in [5.41, 5.74) is 2.99. The molecule has 32 heavy (non-hydrogen) atoms. The summed E-state index contributed by atoms with van der Waals surface area (Å²) in [6, 6.07) is 3.57. The van der Waals surface area contributed by atoms with Crippen molar-refractivity contribution in [3.05, 3.63) is 36.9 Å². The van der Waals surface area contributed by atoms with Gasteiger partial charge < -0.3 is 9.80 Å². The molecule has 2 aliphatic heterocycles. The number of halogens is 4. The van der Waals surface area contributed by atoms with Crippen molar-refractivity contribution in [3.63, 3.8) is 0 Å². The summed E-state index contributed by atoms with van der Waals surface area (Å²) in [6.07, 6.45) is 7.35. The van der Waals surface area contributed by atoms with Crippen LogP contribution in [0.15, 0.2) is 36.9 Å². The van der Waals surface area contributed by atoms with Gasteiger partial charge in [-0.15, -0.1) is 0 Å². The van der Waals surface area contributed by atoms with Gasteiger partial charge in [0.15, 0.2) is 0 Å². The molecule has 3 aromatic heterocycles. The summed E-state index contributed by atoms with van der Waals surface area (Å²) in [5, 5.41) is 8.03. The molecule has 0 aromatic carbocycles. The van der Waals surface area contributed by atoms with Crippen molar-refractivity contribution in [2.24, 2.45) is 5.92 Å². The fraction of sp³-hybridized carbons (Fsp3) is 0.476. The maximum absolute atomic E-state index is 13.5. The number of nitrogens with zero attached hydrogens (tertiary/aromatic N) is 6. The van der Waals surface area contributed by atoms with Crippen LogP contribution in [0.25, 0.3) is 16.6 Å². The minimum absolute atomic E-state index is 0.0930. The lowest BCUT2D eigenvalue weighted by molar-refractivity contribution is -0.138. The Hall–Kier alpha value is -3.11. The Morgan fingerprint density at radius 1 is 1.09 bits per heavy atom. The molecular formula is C21H20F4N6O. The largest absolute Gasteiger partial charge is 0.366 e. The van der Waals surface area contributed by atoms with Gasteiger partial charge in [-0.3, -0.25) is 4.79 Å². The number of hydrogen-bond donors (Lipinski definition) is 0. The molecule has 6 rings (SSSR count). The molecule has 7 nitrogen and oxygen atoms in total. The van der Waals surface area contributed by atoms with Crippen molar-refractivity contribution in [2.45, 2.75) is 43.8 Å². The SMILES string of the molecule is O=C([C@@H]1CC1(F)F)N1C2CCC1CN(c1ccnn3cc(-c4cnn(C(F)F)c4)cc13)C2. The third-order valence-electron chi connectivity index (χ3n) is 6.82. The lowest BCUT2D eigenvalue weighted by Crippen LogP contribution is -2.56. The number of alkyl halides is 4. The van der Waals surface area contributed by atoms with E-state index in [1.807, 2.05) is 12.1 Å². The highest BCUT2D eigenvalue weighted by atomic mass is 19.3. The standard InChI is InChI=1S/C21H20F4N6O/c22-20(23)30-9-13(7-27-30)12-5-18-17(3-4-26-29(18)8-12)28-10-14-1-2-15(11-28)31(14)19(32)16-6-21(16,24)25/h3-5,7-9,14-16,20H,1-2,6,10-11H2/t14?,15?,16-/m0/s1. The van der Waals surface area contributed by atoms with Crippen molar-refractivity contribution in [2.75, 3.05) is 18.0 Å². The first-order valence-electron chi connectivity index (χ1n) is 10.6. The summed E-state index contributed by atoms with van der Waals surface area (Å²) in [4.78, 5) is 16.5. The second-order valence-corrected chi connectivity index (χ2v) is 8.81. The van der Waals surface area contributed by atoms with E-state index in [9.17, 15) is 22.4 Å². The van der Waals surface area contributed by atoms with Gasteiger partial charge in [0.2, 0.25) is 5.91 Å². The Balaban J connectivity index is 1.28. The number of amides is 1. The highest BCUT2D eigenvalue weighted by molar-refractivity contribution is 5.85. The second-order valence-electron chi connectivity index (χ2n) is 8.81. The number of carbonyl (C=O) groups is 1. The maximum Gasteiger partial charge on any atom is 0.333 e. The normalized spacial score (nSPS) is 26.3. The molecule has 1 amide bonds. The molecule has 3 aliphatic rings. The molecule has 0 N–H and O–H groups in total. The first kappa shape index (κ1) is 19.6. The maximum atomic E-state index is 13.5. The van der Waals surface area contributed by atoms with E-state index in [0.717, 1.165) is 24.0 Å². The lowest BCUT2D eigenvalue weighted by Gasteiger charge is -2.42. The molecule has 5 heterocycles. The van der Waals surface area contributed by atoms with Gasteiger partial charge in [0.1, 0.15) is 5.92 Å². The average Bonchev–Trinajstić information content (AvgIpc) is 3.18. The first-order valence-corrected chi connectivity index (χ1v) is 10.6. The number of hydrogen-bond acceptors (Lipinski definition) is 4. The van der Waals surface area contributed by atoms with Crippen LogP contribution in [0, 0.1) is 5.92 Å². The van der Waals surface area contributed by atoms with E-state index in [2.05, 4.69) is 15.1 Å². The van der Waals surface area contributed by atoms with E-state index in [0.29, 0.717) is 28.9 Å². The van der Waals surface area contributed by atoms with Gasteiger partial charge in [-0.05, 0) is 25.0 Å². The van der Waals surface area contributed by atoms with Crippen molar-refractivity contribution in [1.82, 2.24) is 24.3 Å². The molecule has 2 saturated heterocycles. The van der Waals surface area contributed by atoms with Crippen molar-refractivity contribution in [3.8, 4) is 11.1 Å². The third kappa shape index (κ3) is 2.97. The first-order chi connectivity index (χ1) is 15.3. The highest BCUT2D eigenvalue weighted by Crippen LogP contribution is 2.51. The molecule has 3 atom stereocenters. The van der Waals surface area contributed by atoms with Gasteiger partial charge in [-0.1, -0.05) is 0 Å². The molecule has 0 spiro atoms. The molecular weight excluding hydrogens is 428 g/mol. The Labute approximate surface area is 180 Å². The molecule has 1 aliphatic carbocycles. The van der Waals surface area contributed by atoms with Crippen LogP contribution in [0.5, 0.6) is 0 Å². The van der Waals surface area contributed by atoms with Gasteiger partial charge in [0.25, 0.3) is 5.92 Å². The van der Waals surface area contributed by atoms with Crippen LogP contribution in [0.4, 0.5) is 23.2 Å². The minimum Gasteiger partial charge on any atom is -0.366 e. The average molecular weight is 448 g/mol. The van der Waals surface area contributed by atoms with Gasteiger partial charge in [-0.2, -0.15) is 19.0 Å². The predicted molar refractivity (Wildman–Crippen MR) is 107 cm³/mol. The molecule has 1 saturated carbocycles. The molecule has 3 aromatic rings. The van der Waals surface area contributed by atoms with Gasteiger partial charge in [0.05, 0.1) is 17.4 Å². The monoisotopic (exact) mass is 448 g/mol. The van der Waals surface area contributed by atoms with Crippen molar-refractivity contribution in [1.29, 1.82) is 0 Å². The van der Waals surface area contributed by atoms with Crippen LogP contribution in [0.1, 0.15) is 25.8 Å². The van der Waals surface area contributed by atoms with E-state index in [1.54, 1.807) is 21.8 Å². The van der Waals surface area contributed by atoms with Crippen molar-refractivity contribution < 1.29 is 22.4 Å². The Kier molecular flexibility index (Phi) is 4.09. The van der Waals surface area contributed by atoms with Crippen molar-refractivity contribution >= 4 is 17.1 Å². The number of piperazine rings is 1. The summed E-state index contributed by atoms with van der Waals surface area (Å²) in [6.45, 7) is -1.59. The lowest BCUT2D eigenvalue weighted by atomic mass is 10.1. The zero-order chi connectivity index (χ0) is 22.2. The van der Waals surface area contributed by atoms with Crippen LogP contribution in [-0.4, -0.2) is 61.3 Å². The molecule has 3 fully saturated rings. The van der Waals surface area contributed by atoms with E-state index >= 15 is 0 Å². The Morgan fingerprint density at radius 3 is 2.44 bits per heavy atom. The molecule has 11 heteroatoms. The predicted octanol–water partition coefficient (Wildman–Crippen LogP) is 3.43. The topological polar surface area (TPSA) is 58.7 Å². The van der Waals surface area contributed by atoms with E-state index in [1.165, 1.54) is 12.4 Å². The smallest absolute Gasteiger partial charge is 0.333 e. The van der Waals surface area contributed by atoms with Crippen LogP contribution in [0.2, 0.25) is 0 Å². The van der Waals surface area contributed by atoms with Crippen LogP contribution < -0.4 is 4.90 Å². The fourth-order valence-corrected chi connectivity index (χ4v) is 5.14. The molecule has 2 bridgehead atoms. The van der Waals surface area contributed by atoms with Crippen LogP contribution in [-0.2, 0) is 4.79 Å². The number of fused-ring (bicyclic) bond motifs is 3. The van der Waals surface area contributed by atoms with Gasteiger partial charge >= 0.3 is 6.55 Å². The zero-order valence-corrected chi connectivity index (χ0v) is 16.9. The quantitative estimate of drug-likeness (QED) is 0.574. The minimum atomic E-state index is -2.86. The van der Waals surface area contributed by atoms with Crippen LogP contribution >= 0.6 is 0 Å². The van der Waals surface area contributed by atoms with E-state index < -0.39 is 24.3 Å². The van der Waals surface area contributed by atoms with Crippen LogP contribution in [0.3, 0.4) is 0 Å². The molecule has 168 valence electrons. The third-order valence-corrected chi connectivity index (χ3v) is 6.82. The summed E-state index contributed by atoms with van der Waals surface area (Å²) in [5.74, 6) is -4.43. The number of aromatic nitrogens is 4. The highest BCUT2D eigenvalue weighted by Gasteiger charge is 2.64. The number of anilines is 1. The fourth-order valence-electron chi connectivity index (χ4n) is 5.14. The second kappa shape index (κ2) is 6.69. The molecule has 2 unspecified atom stereocenters. The summed E-state index contributed by atoms with van der Waals surface area (Å²) < 4.78 is 55.0. The Bertz CT molecular complexity index is 1190.